The molecule has 92 valence electrons. The number of anilines is 1. The zero-order valence-electron chi connectivity index (χ0n) is 9.56. The second kappa shape index (κ2) is 5.58. The van der Waals surface area contributed by atoms with Gasteiger partial charge in [-0.15, -0.1) is 10.2 Å². The number of rotatable bonds is 4. The minimum Gasteiger partial charge on any atom is -0.381 e. The molecule has 17 heavy (non-hydrogen) atoms. The molecule has 0 bridgehead atoms. The summed E-state index contributed by atoms with van der Waals surface area (Å²) in [6.45, 7) is 2.47. The molecule has 0 spiro atoms. The van der Waals surface area contributed by atoms with Crippen LogP contribution in [0.3, 0.4) is 0 Å². The van der Waals surface area contributed by atoms with E-state index in [4.69, 9.17) is 10.5 Å². The first-order valence-electron chi connectivity index (χ1n) is 5.71. The van der Waals surface area contributed by atoms with Crippen LogP contribution in [0, 0.1) is 5.92 Å². The van der Waals surface area contributed by atoms with E-state index in [1.54, 1.807) is 12.1 Å². The van der Waals surface area contributed by atoms with Gasteiger partial charge in [0.15, 0.2) is 5.69 Å². The van der Waals surface area contributed by atoms with Gasteiger partial charge in [-0.05, 0) is 30.9 Å². The summed E-state index contributed by atoms with van der Waals surface area (Å²) in [4.78, 5) is 10.8. The fourth-order valence-corrected chi connectivity index (χ4v) is 1.78. The van der Waals surface area contributed by atoms with E-state index >= 15 is 0 Å². The molecule has 0 radical (unpaired) electrons. The second-order valence-corrected chi connectivity index (χ2v) is 4.13. The fraction of sp³-hybridized carbons (Fsp3) is 0.545. The number of carbonyl (C=O) groups excluding carboxylic acids is 1. The largest absolute Gasteiger partial charge is 0.381 e. The van der Waals surface area contributed by atoms with Crippen LogP contribution < -0.4 is 11.1 Å². The van der Waals surface area contributed by atoms with Crippen LogP contribution in [0.4, 0.5) is 5.82 Å². The van der Waals surface area contributed by atoms with Crippen LogP contribution in [-0.2, 0) is 4.74 Å². The van der Waals surface area contributed by atoms with Gasteiger partial charge in [-0.1, -0.05) is 0 Å². The summed E-state index contributed by atoms with van der Waals surface area (Å²) in [5.41, 5.74) is 5.25. The van der Waals surface area contributed by atoms with Crippen LogP contribution in [0.1, 0.15) is 23.3 Å². The monoisotopic (exact) mass is 236 g/mol. The molecule has 6 heteroatoms. The zero-order valence-corrected chi connectivity index (χ0v) is 9.56. The highest BCUT2D eigenvalue weighted by Crippen LogP contribution is 2.14. The topological polar surface area (TPSA) is 90.1 Å². The molecule has 1 aliphatic rings. The Kier molecular flexibility index (Phi) is 3.87. The standard InChI is InChI=1S/C11H16N4O2/c12-11(16)9-3-4-10(15-14-9)13-6-8-2-1-5-17-7-8/h3-4,8H,1-2,5-7H2,(H2,12,16)(H,13,15). The molecule has 1 aliphatic heterocycles. The van der Waals surface area contributed by atoms with Gasteiger partial charge in [-0.3, -0.25) is 4.79 Å². The summed E-state index contributed by atoms with van der Waals surface area (Å²) < 4.78 is 5.38. The Bertz CT molecular complexity index is 374. The van der Waals surface area contributed by atoms with Gasteiger partial charge in [0.25, 0.3) is 5.91 Å². The number of ether oxygens (including phenoxy) is 1. The Labute approximate surface area is 99.6 Å². The number of hydrogen-bond acceptors (Lipinski definition) is 5. The van der Waals surface area contributed by atoms with E-state index in [1.165, 1.54) is 6.42 Å². The van der Waals surface area contributed by atoms with Crippen molar-refractivity contribution < 1.29 is 9.53 Å². The Hall–Kier alpha value is -1.69. The number of nitrogens with zero attached hydrogens (tertiary/aromatic N) is 2. The summed E-state index contributed by atoms with van der Waals surface area (Å²) in [6.07, 6.45) is 2.28. The summed E-state index contributed by atoms with van der Waals surface area (Å²) >= 11 is 0. The van der Waals surface area contributed by atoms with Gasteiger partial charge in [-0.2, -0.15) is 0 Å². The Morgan fingerprint density at radius 1 is 1.53 bits per heavy atom. The Morgan fingerprint density at radius 2 is 2.41 bits per heavy atom. The highest BCUT2D eigenvalue weighted by atomic mass is 16.5. The van der Waals surface area contributed by atoms with Crippen molar-refractivity contribution in [1.29, 1.82) is 0 Å². The van der Waals surface area contributed by atoms with E-state index < -0.39 is 5.91 Å². The first kappa shape index (κ1) is 11.8. The summed E-state index contributed by atoms with van der Waals surface area (Å²) in [5.74, 6) is 0.603. The van der Waals surface area contributed by atoms with Crippen molar-refractivity contribution in [2.24, 2.45) is 11.7 Å². The van der Waals surface area contributed by atoms with Crippen LogP contribution >= 0.6 is 0 Å². The van der Waals surface area contributed by atoms with Gasteiger partial charge >= 0.3 is 0 Å². The first-order chi connectivity index (χ1) is 8.25. The summed E-state index contributed by atoms with van der Waals surface area (Å²) in [6, 6.07) is 3.27. The van der Waals surface area contributed by atoms with E-state index in [0.29, 0.717) is 11.7 Å². The summed E-state index contributed by atoms with van der Waals surface area (Å²) in [7, 11) is 0. The molecule has 1 aromatic rings. The molecule has 1 unspecified atom stereocenters. The molecule has 1 atom stereocenters. The van der Waals surface area contributed by atoms with Crippen molar-refractivity contribution in [1.82, 2.24) is 10.2 Å². The predicted molar refractivity (Wildman–Crippen MR) is 62.6 cm³/mol. The molecule has 0 saturated carbocycles. The van der Waals surface area contributed by atoms with Crippen LogP contribution in [0.2, 0.25) is 0 Å². The van der Waals surface area contributed by atoms with Crippen molar-refractivity contribution in [3.63, 3.8) is 0 Å². The number of primary amides is 1. The molecule has 2 rings (SSSR count). The quantitative estimate of drug-likeness (QED) is 0.790. The lowest BCUT2D eigenvalue weighted by molar-refractivity contribution is 0.0595. The van der Waals surface area contributed by atoms with Gasteiger partial charge < -0.3 is 15.8 Å². The van der Waals surface area contributed by atoms with Crippen LogP contribution in [0.25, 0.3) is 0 Å². The molecule has 6 nitrogen and oxygen atoms in total. The van der Waals surface area contributed by atoms with Gasteiger partial charge in [-0.25, -0.2) is 0 Å². The fourth-order valence-electron chi connectivity index (χ4n) is 1.78. The lowest BCUT2D eigenvalue weighted by Crippen LogP contribution is -2.24. The molecule has 1 fully saturated rings. The molecule has 1 aromatic heterocycles. The van der Waals surface area contributed by atoms with E-state index in [0.717, 1.165) is 26.2 Å². The van der Waals surface area contributed by atoms with Gasteiger partial charge in [0.1, 0.15) is 5.82 Å². The number of nitrogens with two attached hydrogens (primary N) is 1. The van der Waals surface area contributed by atoms with Crippen molar-refractivity contribution in [3.05, 3.63) is 17.8 Å². The molecule has 1 saturated heterocycles. The third-order valence-electron chi connectivity index (χ3n) is 2.74. The second-order valence-electron chi connectivity index (χ2n) is 4.13. The number of hydrogen-bond donors (Lipinski definition) is 2. The van der Waals surface area contributed by atoms with Crippen LogP contribution in [0.5, 0.6) is 0 Å². The zero-order chi connectivity index (χ0) is 12.1. The average Bonchev–Trinajstić information content (AvgIpc) is 2.38. The maximum Gasteiger partial charge on any atom is 0.269 e. The number of carbonyl (C=O) groups is 1. The highest BCUT2D eigenvalue weighted by molar-refractivity contribution is 5.90. The first-order valence-corrected chi connectivity index (χ1v) is 5.71. The minimum atomic E-state index is -0.565. The van der Waals surface area contributed by atoms with E-state index in [1.807, 2.05) is 0 Å². The van der Waals surface area contributed by atoms with Gasteiger partial charge in [0.05, 0.1) is 6.61 Å². The molecule has 3 N–H and O–H groups in total. The number of nitrogens with one attached hydrogen (secondary N) is 1. The van der Waals surface area contributed by atoms with E-state index in [2.05, 4.69) is 15.5 Å². The van der Waals surface area contributed by atoms with Crippen molar-refractivity contribution in [3.8, 4) is 0 Å². The molecule has 2 heterocycles. The smallest absolute Gasteiger partial charge is 0.269 e. The number of amides is 1. The molecular formula is C11H16N4O2. The highest BCUT2D eigenvalue weighted by Gasteiger charge is 2.13. The molecule has 1 amide bonds. The molecular weight excluding hydrogens is 220 g/mol. The van der Waals surface area contributed by atoms with E-state index in [9.17, 15) is 4.79 Å². The summed E-state index contributed by atoms with van der Waals surface area (Å²) in [5, 5.41) is 10.8. The SMILES string of the molecule is NC(=O)c1ccc(NCC2CCCOC2)nn1. The lowest BCUT2D eigenvalue weighted by Gasteiger charge is -2.22. The van der Waals surface area contributed by atoms with Crippen LogP contribution in [0.15, 0.2) is 12.1 Å². The Morgan fingerprint density at radius 3 is 3.00 bits per heavy atom. The predicted octanol–water partition coefficient (Wildman–Crippen LogP) is 0.414. The molecule has 0 aliphatic carbocycles. The maximum atomic E-state index is 10.8. The number of aromatic nitrogens is 2. The third-order valence-corrected chi connectivity index (χ3v) is 2.74. The van der Waals surface area contributed by atoms with Gasteiger partial charge in [0.2, 0.25) is 0 Å². The lowest BCUT2D eigenvalue weighted by atomic mass is 10.0. The average molecular weight is 236 g/mol. The molecule has 0 aromatic carbocycles. The van der Waals surface area contributed by atoms with Crippen molar-refractivity contribution in [2.75, 3.05) is 25.1 Å². The van der Waals surface area contributed by atoms with Gasteiger partial charge in [0, 0.05) is 13.2 Å². The van der Waals surface area contributed by atoms with Crippen LogP contribution in [-0.4, -0.2) is 35.9 Å². The van der Waals surface area contributed by atoms with Crippen molar-refractivity contribution >= 4 is 11.7 Å². The minimum absolute atomic E-state index is 0.177. The Balaban J connectivity index is 1.84. The third kappa shape index (κ3) is 3.39. The maximum absolute atomic E-state index is 10.8. The van der Waals surface area contributed by atoms with E-state index in [-0.39, 0.29) is 5.69 Å². The normalized spacial score (nSPS) is 19.9. The van der Waals surface area contributed by atoms with Crippen molar-refractivity contribution in [2.45, 2.75) is 12.8 Å².